The van der Waals surface area contributed by atoms with Crippen molar-refractivity contribution in [2.24, 2.45) is 5.92 Å². The lowest BCUT2D eigenvalue weighted by Gasteiger charge is -2.29. The van der Waals surface area contributed by atoms with E-state index in [-0.39, 0.29) is 11.8 Å². The van der Waals surface area contributed by atoms with Gasteiger partial charge in [-0.25, -0.2) is 0 Å². The zero-order chi connectivity index (χ0) is 11.3. The summed E-state index contributed by atoms with van der Waals surface area (Å²) < 4.78 is 0. The van der Waals surface area contributed by atoms with Crippen LogP contribution in [0, 0.1) is 5.92 Å². The van der Waals surface area contributed by atoms with Gasteiger partial charge in [0.25, 0.3) is 0 Å². The second kappa shape index (κ2) is 5.85. The van der Waals surface area contributed by atoms with Crippen molar-refractivity contribution in [2.45, 2.75) is 19.3 Å². The first kappa shape index (κ1) is 12.2. The van der Waals surface area contributed by atoms with E-state index in [9.17, 15) is 9.59 Å². The summed E-state index contributed by atoms with van der Waals surface area (Å²) in [6, 6.07) is 0. The lowest BCUT2D eigenvalue weighted by molar-refractivity contribution is -0.129. The molecule has 1 amide bonds. The third-order valence-electron chi connectivity index (χ3n) is 2.97. The number of aldehydes is 1. The largest absolute Gasteiger partial charge is 0.349 e. The molecule has 0 saturated carbocycles. The first-order chi connectivity index (χ1) is 7.13. The molecule has 1 saturated heterocycles. The lowest BCUT2D eigenvalue weighted by Crippen LogP contribution is -2.36. The smallest absolute Gasteiger partial charge is 0.223 e. The van der Waals surface area contributed by atoms with Crippen LogP contribution < -0.4 is 0 Å². The molecule has 4 nitrogen and oxygen atoms in total. The molecule has 0 atom stereocenters. The molecule has 0 N–H and O–H groups in total. The van der Waals surface area contributed by atoms with Gasteiger partial charge in [-0.1, -0.05) is 0 Å². The van der Waals surface area contributed by atoms with Crippen molar-refractivity contribution in [1.82, 2.24) is 9.80 Å². The van der Waals surface area contributed by atoms with Crippen LogP contribution in [0.25, 0.3) is 0 Å². The molecule has 4 heteroatoms. The van der Waals surface area contributed by atoms with Crippen LogP contribution in [0.2, 0.25) is 0 Å². The SMILES string of the molecule is CN(C)C(=O)CCN1CCC(C=O)CC1. The maximum atomic E-state index is 11.3. The van der Waals surface area contributed by atoms with E-state index in [1.165, 1.54) is 0 Å². The van der Waals surface area contributed by atoms with Gasteiger partial charge < -0.3 is 14.6 Å². The molecule has 0 aliphatic carbocycles. The average Bonchev–Trinajstić information content (AvgIpc) is 2.26. The predicted octanol–water partition coefficient (Wildman–Crippen LogP) is 0.376. The molecule has 0 unspecified atom stereocenters. The number of piperidine rings is 1. The van der Waals surface area contributed by atoms with Gasteiger partial charge in [-0.3, -0.25) is 4.79 Å². The molecule has 86 valence electrons. The van der Waals surface area contributed by atoms with Gasteiger partial charge in [-0.05, 0) is 25.9 Å². The number of likely N-dealkylation sites (tertiary alicyclic amines) is 1. The maximum Gasteiger partial charge on any atom is 0.223 e. The number of hydrogen-bond acceptors (Lipinski definition) is 3. The van der Waals surface area contributed by atoms with Crippen molar-refractivity contribution < 1.29 is 9.59 Å². The van der Waals surface area contributed by atoms with E-state index in [4.69, 9.17) is 0 Å². The molecule has 1 heterocycles. The van der Waals surface area contributed by atoms with E-state index in [0.29, 0.717) is 6.42 Å². The van der Waals surface area contributed by atoms with Crippen LogP contribution >= 0.6 is 0 Å². The summed E-state index contributed by atoms with van der Waals surface area (Å²) in [6.45, 7) is 2.72. The lowest BCUT2D eigenvalue weighted by atomic mass is 9.98. The molecule has 0 bridgehead atoms. The first-order valence-corrected chi connectivity index (χ1v) is 5.51. The van der Waals surface area contributed by atoms with Crippen molar-refractivity contribution >= 4 is 12.2 Å². The van der Waals surface area contributed by atoms with Crippen molar-refractivity contribution in [3.05, 3.63) is 0 Å². The van der Waals surface area contributed by atoms with Crippen LogP contribution in [0.3, 0.4) is 0 Å². The van der Waals surface area contributed by atoms with Crippen LogP contribution in [0.15, 0.2) is 0 Å². The van der Waals surface area contributed by atoms with E-state index in [0.717, 1.165) is 38.8 Å². The highest BCUT2D eigenvalue weighted by atomic mass is 16.2. The molecule has 0 radical (unpaired) electrons. The van der Waals surface area contributed by atoms with Gasteiger partial charge in [0, 0.05) is 33.0 Å². The van der Waals surface area contributed by atoms with E-state index in [1.807, 2.05) is 0 Å². The molecule has 0 aromatic heterocycles. The van der Waals surface area contributed by atoms with Crippen molar-refractivity contribution in [3.63, 3.8) is 0 Å². The molecule has 0 aromatic carbocycles. The molecule has 15 heavy (non-hydrogen) atoms. The molecule has 1 rings (SSSR count). The minimum Gasteiger partial charge on any atom is -0.349 e. The third kappa shape index (κ3) is 4.00. The molecule has 1 aliphatic heterocycles. The third-order valence-corrected chi connectivity index (χ3v) is 2.97. The van der Waals surface area contributed by atoms with E-state index in [1.54, 1.807) is 19.0 Å². The van der Waals surface area contributed by atoms with Crippen molar-refractivity contribution in [3.8, 4) is 0 Å². The fraction of sp³-hybridized carbons (Fsp3) is 0.818. The molecule has 1 aliphatic rings. The zero-order valence-electron chi connectivity index (χ0n) is 9.61. The predicted molar refractivity (Wildman–Crippen MR) is 58.5 cm³/mol. The van der Waals surface area contributed by atoms with Gasteiger partial charge in [-0.2, -0.15) is 0 Å². The second-order valence-electron chi connectivity index (χ2n) is 4.35. The highest BCUT2D eigenvalue weighted by molar-refractivity contribution is 5.75. The Morgan fingerprint density at radius 2 is 2.00 bits per heavy atom. The summed E-state index contributed by atoms with van der Waals surface area (Å²) in [4.78, 5) is 25.8. The molecule has 1 fully saturated rings. The highest BCUT2D eigenvalue weighted by Crippen LogP contribution is 2.14. The number of hydrogen-bond donors (Lipinski definition) is 0. The Labute approximate surface area is 91.2 Å². The monoisotopic (exact) mass is 212 g/mol. The Morgan fingerprint density at radius 3 is 2.47 bits per heavy atom. The molecule has 0 aromatic rings. The minimum atomic E-state index is 0.174. The summed E-state index contributed by atoms with van der Waals surface area (Å²) in [6.07, 6.45) is 3.53. The number of rotatable bonds is 4. The van der Waals surface area contributed by atoms with Gasteiger partial charge >= 0.3 is 0 Å². The second-order valence-corrected chi connectivity index (χ2v) is 4.35. The standard InChI is InChI=1S/C11H20N2O2/c1-12(2)11(15)5-8-13-6-3-10(9-14)4-7-13/h9-10H,3-8H2,1-2H3. The van der Waals surface area contributed by atoms with Gasteiger partial charge in [0.1, 0.15) is 6.29 Å². The molecular weight excluding hydrogens is 192 g/mol. The van der Waals surface area contributed by atoms with Crippen LogP contribution in [0.1, 0.15) is 19.3 Å². The van der Waals surface area contributed by atoms with Crippen molar-refractivity contribution in [2.75, 3.05) is 33.7 Å². The van der Waals surface area contributed by atoms with E-state index < -0.39 is 0 Å². The first-order valence-electron chi connectivity index (χ1n) is 5.51. The Balaban J connectivity index is 2.19. The fourth-order valence-corrected chi connectivity index (χ4v) is 1.79. The quantitative estimate of drug-likeness (QED) is 0.632. The summed E-state index contributed by atoms with van der Waals surface area (Å²) in [7, 11) is 3.56. The normalized spacial score (nSPS) is 18.8. The molecule has 0 spiro atoms. The number of carbonyl (C=O) groups is 2. The average molecular weight is 212 g/mol. The summed E-state index contributed by atoms with van der Waals surface area (Å²) in [5.74, 6) is 0.415. The van der Waals surface area contributed by atoms with E-state index in [2.05, 4.69) is 4.90 Å². The number of nitrogens with zero attached hydrogens (tertiary/aromatic N) is 2. The maximum absolute atomic E-state index is 11.3. The minimum absolute atomic E-state index is 0.174. The van der Waals surface area contributed by atoms with Crippen LogP contribution in [-0.4, -0.2) is 55.7 Å². The Kier molecular flexibility index (Phi) is 4.75. The van der Waals surface area contributed by atoms with Crippen LogP contribution in [-0.2, 0) is 9.59 Å². The number of carbonyl (C=O) groups excluding carboxylic acids is 2. The fourth-order valence-electron chi connectivity index (χ4n) is 1.79. The Hall–Kier alpha value is -0.900. The topological polar surface area (TPSA) is 40.6 Å². The molecular formula is C11H20N2O2. The van der Waals surface area contributed by atoms with Gasteiger partial charge in [0.15, 0.2) is 0 Å². The summed E-state index contributed by atoms with van der Waals surface area (Å²) >= 11 is 0. The summed E-state index contributed by atoms with van der Waals surface area (Å²) in [5, 5.41) is 0. The zero-order valence-corrected chi connectivity index (χ0v) is 9.61. The van der Waals surface area contributed by atoms with Gasteiger partial charge in [0.2, 0.25) is 5.91 Å². The van der Waals surface area contributed by atoms with Crippen LogP contribution in [0.4, 0.5) is 0 Å². The highest BCUT2D eigenvalue weighted by Gasteiger charge is 2.18. The number of amides is 1. The van der Waals surface area contributed by atoms with E-state index >= 15 is 0 Å². The van der Waals surface area contributed by atoms with Gasteiger partial charge in [-0.15, -0.1) is 0 Å². The summed E-state index contributed by atoms with van der Waals surface area (Å²) in [5.41, 5.74) is 0. The Morgan fingerprint density at radius 1 is 1.40 bits per heavy atom. The van der Waals surface area contributed by atoms with Crippen molar-refractivity contribution in [1.29, 1.82) is 0 Å². The van der Waals surface area contributed by atoms with Crippen LogP contribution in [0.5, 0.6) is 0 Å². The Bertz CT molecular complexity index is 221. The van der Waals surface area contributed by atoms with Gasteiger partial charge in [0.05, 0.1) is 0 Å².